The lowest BCUT2D eigenvalue weighted by Gasteiger charge is -2.07. The maximum atomic E-state index is 11.4. The van der Waals surface area contributed by atoms with Crippen LogP contribution in [-0.4, -0.2) is 23.8 Å². The van der Waals surface area contributed by atoms with Crippen LogP contribution in [0.4, 0.5) is 5.69 Å². The Labute approximate surface area is 88.7 Å². The molecule has 0 aliphatic rings. The van der Waals surface area contributed by atoms with Crippen molar-refractivity contribution in [3.63, 3.8) is 0 Å². The molecule has 0 aromatic heterocycles. The van der Waals surface area contributed by atoms with Crippen molar-refractivity contribution in [2.45, 2.75) is 20.0 Å². The minimum Gasteiger partial charge on any atom is -0.459 e. The quantitative estimate of drug-likeness (QED) is 0.578. The smallest absolute Gasteiger partial charge is 0.338 e. The first-order valence-corrected chi connectivity index (χ1v) is 4.72. The molecule has 0 aliphatic heterocycles. The maximum absolute atomic E-state index is 11.4. The Hall–Kier alpha value is -1.55. The van der Waals surface area contributed by atoms with Gasteiger partial charge < -0.3 is 15.6 Å². The van der Waals surface area contributed by atoms with Crippen LogP contribution in [0.1, 0.15) is 22.8 Å². The largest absolute Gasteiger partial charge is 0.459 e. The summed E-state index contributed by atoms with van der Waals surface area (Å²) < 4.78 is 4.85. The summed E-state index contributed by atoms with van der Waals surface area (Å²) >= 11 is 0. The van der Waals surface area contributed by atoms with E-state index in [-0.39, 0.29) is 6.61 Å². The number of carbonyl (C=O) groups is 1. The highest BCUT2D eigenvalue weighted by Crippen LogP contribution is 2.13. The number of anilines is 1. The van der Waals surface area contributed by atoms with Gasteiger partial charge in [0.15, 0.2) is 0 Å². The van der Waals surface area contributed by atoms with Crippen molar-refractivity contribution in [2.75, 3.05) is 12.3 Å². The molecule has 1 aromatic rings. The minimum atomic E-state index is -0.649. The number of esters is 1. The number of carbonyl (C=O) groups excluding carboxylic acids is 1. The van der Waals surface area contributed by atoms with Crippen LogP contribution in [0.15, 0.2) is 18.2 Å². The Morgan fingerprint density at radius 3 is 2.80 bits per heavy atom. The molecule has 0 aliphatic carbocycles. The summed E-state index contributed by atoms with van der Waals surface area (Å²) in [5.41, 5.74) is 7.54. The molecule has 0 bridgehead atoms. The number of aliphatic hydroxyl groups is 1. The van der Waals surface area contributed by atoms with Gasteiger partial charge in [0, 0.05) is 5.69 Å². The lowest BCUT2D eigenvalue weighted by atomic mass is 10.1. The lowest BCUT2D eigenvalue weighted by molar-refractivity contribution is 0.0296. The highest BCUT2D eigenvalue weighted by molar-refractivity contribution is 5.90. The second kappa shape index (κ2) is 4.79. The molecule has 3 N–H and O–H groups in total. The standard InChI is InChI=1S/C11H15NO3/c1-7-5-9(3-4-10(7)12)11(14)15-6-8(2)13/h3-5,8,13H,6,12H2,1-2H3. The molecule has 0 amide bonds. The average molecular weight is 209 g/mol. The van der Waals surface area contributed by atoms with Gasteiger partial charge in [0.1, 0.15) is 6.61 Å². The number of benzene rings is 1. The number of aliphatic hydroxyl groups excluding tert-OH is 1. The molecule has 0 saturated heterocycles. The molecule has 0 radical (unpaired) electrons. The molecular formula is C11H15NO3. The summed E-state index contributed by atoms with van der Waals surface area (Å²) in [6.45, 7) is 3.38. The third-order valence-corrected chi connectivity index (χ3v) is 1.96. The van der Waals surface area contributed by atoms with Crippen LogP contribution in [-0.2, 0) is 4.74 Å². The number of nitrogens with two attached hydrogens (primary N) is 1. The molecule has 1 unspecified atom stereocenters. The number of ether oxygens (including phenoxy) is 1. The first-order valence-electron chi connectivity index (χ1n) is 4.72. The molecule has 0 saturated carbocycles. The van der Waals surface area contributed by atoms with Gasteiger partial charge in [0.05, 0.1) is 11.7 Å². The summed E-state index contributed by atoms with van der Waals surface area (Å²) in [6.07, 6.45) is -0.649. The first kappa shape index (κ1) is 11.5. The Kier molecular flexibility index (Phi) is 3.68. The normalized spacial score (nSPS) is 12.2. The molecule has 15 heavy (non-hydrogen) atoms. The lowest BCUT2D eigenvalue weighted by Crippen LogP contribution is -2.15. The third kappa shape index (κ3) is 3.25. The Balaban J connectivity index is 2.70. The zero-order chi connectivity index (χ0) is 11.4. The fourth-order valence-electron chi connectivity index (χ4n) is 1.08. The molecule has 0 heterocycles. The maximum Gasteiger partial charge on any atom is 0.338 e. The number of aryl methyl sites for hydroxylation is 1. The van der Waals surface area contributed by atoms with Crippen LogP contribution in [0, 0.1) is 6.92 Å². The predicted octanol–water partition coefficient (Wildman–Crippen LogP) is 1.11. The number of rotatable bonds is 3. The summed E-state index contributed by atoms with van der Waals surface area (Å²) in [6, 6.07) is 4.93. The van der Waals surface area contributed by atoms with E-state index in [0.717, 1.165) is 5.56 Å². The molecule has 1 rings (SSSR count). The fraction of sp³-hybridized carbons (Fsp3) is 0.364. The van der Waals surface area contributed by atoms with E-state index in [2.05, 4.69) is 0 Å². The zero-order valence-electron chi connectivity index (χ0n) is 8.86. The highest BCUT2D eigenvalue weighted by Gasteiger charge is 2.09. The number of nitrogen functional groups attached to an aromatic ring is 1. The van der Waals surface area contributed by atoms with Gasteiger partial charge in [-0.3, -0.25) is 0 Å². The van der Waals surface area contributed by atoms with Gasteiger partial charge in [0.25, 0.3) is 0 Å². The van der Waals surface area contributed by atoms with Crippen molar-refractivity contribution in [3.8, 4) is 0 Å². The van der Waals surface area contributed by atoms with Crippen LogP contribution < -0.4 is 5.73 Å². The first-order chi connectivity index (χ1) is 7.00. The summed E-state index contributed by atoms with van der Waals surface area (Å²) in [7, 11) is 0. The van der Waals surface area contributed by atoms with Gasteiger partial charge >= 0.3 is 5.97 Å². The Morgan fingerprint density at radius 2 is 2.27 bits per heavy atom. The summed E-state index contributed by atoms with van der Waals surface area (Å²) in [4.78, 5) is 11.4. The van der Waals surface area contributed by atoms with Crippen molar-refractivity contribution < 1.29 is 14.6 Å². The molecular weight excluding hydrogens is 194 g/mol. The fourth-order valence-corrected chi connectivity index (χ4v) is 1.08. The van der Waals surface area contributed by atoms with E-state index in [1.54, 1.807) is 25.1 Å². The Morgan fingerprint density at radius 1 is 1.60 bits per heavy atom. The van der Waals surface area contributed by atoms with E-state index in [0.29, 0.717) is 11.3 Å². The second-order valence-electron chi connectivity index (χ2n) is 3.52. The zero-order valence-corrected chi connectivity index (χ0v) is 8.86. The van der Waals surface area contributed by atoms with Gasteiger partial charge in [0.2, 0.25) is 0 Å². The van der Waals surface area contributed by atoms with Gasteiger partial charge in [-0.1, -0.05) is 0 Å². The average Bonchev–Trinajstić information content (AvgIpc) is 2.18. The van der Waals surface area contributed by atoms with Crippen molar-refractivity contribution >= 4 is 11.7 Å². The number of hydrogen-bond donors (Lipinski definition) is 2. The Bertz CT molecular complexity index is 361. The van der Waals surface area contributed by atoms with Crippen LogP contribution in [0.5, 0.6) is 0 Å². The van der Waals surface area contributed by atoms with E-state index in [1.165, 1.54) is 0 Å². The molecule has 82 valence electrons. The molecule has 1 atom stereocenters. The predicted molar refractivity (Wildman–Crippen MR) is 57.6 cm³/mol. The van der Waals surface area contributed by atoms with Crippen LogP contribution in [0.2, 0.25) is 0 Å². The van der Waals surface area contributed by atoms with E-state index in [1.807, 2.05) is 6.92 Å². The number of hydrogen-bond acceptors (Lipinski definition) is 4. The summed E-state index contributed by atoms with van der Waals surface area (Å²) in [5, 5.41) is 8.95. The van der Waals surface area contributed by atoms with E-state index in [9.17, 15) is 4.79 Å². The van der Waals surface area contributed by atoms with Crippen molar-refractivity contribution in [1.29, 1.82) is 0 Å². The van der Waals surface area contributed by atoms with Gasteiger partial charge in [-0.15, -0.1) is 0 Å². The minimum absolute atomic E-state index is 0.00224. The SMILES string of the molecule is Cc1cc(C(=O)OCC(C)O)ccc1N. The molecule has 0 fully saturated rings. The topological polar surface area (TPSA) is 72.5 Å². The van der Waals surface area contributed by atoms with E-state index < -0.39 is 12.1 Å². The van der Waals surface area contributed by atoms with Gasteiger partial charge in [-0.2, -0.15) is 0 Å². The molecule has 0 spiro atoms. The monoisotopic (exact) mass is 209 g/mol. The third-order valence-electron chi connectivity index (χ3n) is 1.96. The highest BCUT2D eigenvalue weighted by atomic mass is 16.5. The van der Waals surface area contributed by atoms with Crippen LogP contribution in [0.3, 0.4) is 0 Å². The second-order valence-corrected chi connectivity index (χ2v) is 3.52. The van der Waals surface area contributed by atoms with Gasteiger partial charge in [-0.25, -0.2) is 4.79 Å². The van der Waals surface area contributed by atoms with Crippen molar-refractivity contribution in [1.82, 2.24) is 0 Å². The molecule has 4 heteroatoms. The summed E-state index contributed by atoms with van der Waals surface area (Å²) in [5.74, 6) is -0.445. The molecule has 1 aromatic carbocycles. The van der Waals surface area contributed by atoms with Crippen LogP contribution >= 0.6 is 0 Å². The van der Waals surface area contributed by atoms with Crippen LogP contribution in [0.25, 0.3) is 0 Å². The van der Waals surface area contributed by atoms with Crippen molar-refractivity contribution in [3.05, 3.63) is 29.3 Å². The van der Waals surface area contributed by atoms with Gasteiger partial charge in [-0.05, 0) is 37.6 Å². The van der Waals surface area contributed by atoms with E-state index in [4.69, 9.17) is 15.6 Å². The molecule has 4 nitrogen and oxygen atoms in total. The van der Waals surface area contributed by atoms with E-state index >= 15 is 0 Å². The van der Waals surface area contributed by atoms with Crippen molar-refractivity contribution in [2.24, 2.45) is 0 Å².